The topological polar surface area (TPSA) is 60.6 Å². The molecule has 3 aromatic rings. The van der Waals surface area contributed by atoms with Crippen LogP contribution in [0, 0.1) is 0 Å². The maximum absolute atomic E-state index is 4.42. The quantitative estimate of drug-likeness (QED) is 0.791. The predicted molar refractivity (Wildman–Crippen MR) is 80.2 cm³/mol. The molecule has 0 aliphatic carbocycles. The van der Waals surface area contributed by atoms with Gasteiger partial charge in [-0.05, 0) is 35.1 Å². The number of hydrogen-bond acceptors (Lipinski definition) is 4. The smallest absolute Gasteiger partial charge is 0.153 e. The number of aryl methyl sites for hydroxylation is 1. The van der Waals surface area contributed by atoms with Crippen LogP contribution in [0.5, 0.6) is 0 Å². The van der Waals surface area contributed by atoms with E-state index in [1.807, 2.05) is 38.6 Å². The van der Waals surface area contributed by atoms with Crippen LogP contribution in [-0.4, -0.2) is 31.6 Å². The Labute approximate surface area is 124 Å². The summed E-state index contributed by atoms with van der Waals surface area (Å²) < 4.78 is 4.68. The van der Waals surface area contributed by atoms with E-state index in [-0.39, 0.29) is 6.04 Å². The van der Waals surface area contributed by atoms with Gasteiger partial charge in [-0.2, -0.15) is 0 Å². The summed E-state index contributed by atoms with van der Waals surface area (Å²) in [6, 6.07) is 8.21. The average molecular weight is 335 g/mol. The molecule has 0 saturated heterocycles. The summed E-state index contributed by atoms with van der Waals surface area (Å²) >= 11 is 3.45. The second-order valence-electron chi connectivity index (χ2n) is 4.62. The first-order valence-electron chi connectivity index (χ1n) is 6.33. The van der Waals surface area contributed by atoms with Gasteiger partial charge in [0.25, 0.3) is 0 Å². The van der Waals surface area contributed by atoms with Crippen LogP contribution in [0.2, 0.25) is 0 Å². The number of hydrogen-bond donors (Lipinski definition) is 1. The van der Waals surface area contributed by atoms with Crippen molar-refractivity contribution >= 4 is 27.0 Å². The standard InChI is InChI=1S/C13H15BrN6/c1-15-10(12-13(14)17-18-19(12)2)7-20-8-16-9-5-3-4-6-11(9)20/h3-6,8,10,15H,7H2,1-2H3. The molecule has 2 aromatic heterocycles. The lowest BCUT2D eigenvalue weighted by Crippen LogP contribution is -2.24. The Bertz CT molecular complexity index is 712. The number of para-hydroxylation sites is 2. The number of likely N-dealkylation sites (N-methyl/N-ethyl adjacent to an activating group) is 1. The van der Waals surface area contributed by atoms with E-state index in [4.69, 9.17) is 0 Å². The van der Waals surface area contributed by atoms with Crippen LogP contribution in [0.1, 0.15) is 11.7 Å². The maximum Gasteiger partial charge on any atom is 0.153 e. The highest BCUT2D eigenvalue weighted by Crippen LogP contribution is 2.23. The third kappa shape index (κ3) is 2.23. The summed E-state index contributed by atoms with van der Waals surface area (Å²) in [6.45, 7) is 0.761. The predicted octanol–water partition coefficient (Wildman–Crippen LogP) is 1.89. The van der Waals surface area contributed by atoms with Gasteiger partial charge in [0.05, 0.1) is 29.1 Å². The average Bonchev–Trinajstić information content (AvgIpc) is 3.01. The van der Waals surface area contributed by atoms with Gasteiger partial charge in [-0.1, -0.05) is 17.3 Å². The highest BCUT2D eigenvalue weighted by Gasteiger charge is 2.19. The number of nitrogens with one attached hydrogen (secondary N) is 1. The number of aromatic nitrogens is 5. The van der Waals surface area contributed by atoms with Crippen molar-refractivity contribution < 1.29 is 0 Å². The largest absolute Gasteiger partial charge is 0.329 e. The van der Waals surface area contributed by atoms with Crippen LogP contribution >= 0.6 is 15.9 Å². The first-order chi connectivity index (χ1) is 9.70. The number of imidazole rings is 1. The first-order valence-corrected chi connectivity index (χ1v) is 7.12. The molecular formula is C13H15BrN6. The molecule has 20 heavy (non-hydrogen) atoms. The van der Waals surface area contributed by atoms with Crippen LogP contribution in [0.3, 0.4) is 0 Å². The molecular weight excluding hydrogens is 320 g/mol. The van der Waals surface area contributed by atoms with E-state index in [0.29, 0.717) is 0 Å². The zero-order valence-corrected chi connectivity index (χ0v) is 12.9. The van der Waals surface area contributed by atoms with Crippen molar-refractivity contribution in [2.45, 2.75) is 12.6 Å². The molecule has 6 nitrogen and oxygen atoms in total. The zero-order valence-electron chi connectivity index (χ0n) is 11.3. The van der Waals surface area contributed by atoms with Crippen LogP contribution in [0.15, 0.2) is 35.2 Å². The van der Waals surface area contributed by atoms with E-state index in [9.17, 15) is 0 Å². The number of rotatable bonds is 4. The molecule has 0 aliphatic heterocycles. The molecule has 0 bridgehead atoms. The molecule has 1 N–H and O–H groups in total. The monoisotopic (exact) mass is 334 g/mol. The number of benzene rings is 1. The summed E-state index contributed by atoms with van der Waals surface area (Å²) in [5.41, 5.74) is 3.15. The second kappa shape index (κ2) is 5.34. The van der Waals surface area contributed by atoms with Crippen molar-refractivity contribution in [2.24, 2.45) is 7.05 Å². The van der Waals surface area contributed by atoms with Crippen LogP contribution < -0.4 is 5.32 Å². The van der Waals surface area contributed by atoms with E-state index < -0.39 is 0 Å². The van der Waals surface area contributed by atoms with E-state index in [0.717, 1.165) is 27.9 Å². The highest BCUT2D eigenvalue weighted by molar-refractivity contribution is 9.10. The minimum Gasteiger partial charge on any atom is -0.329 e. The summed E-state index contributed by atoms with van der Waals surface area (Å²) in [5, 5.41) is 11.4. The first kappa shape index (κ1) is 13.3. The van der Waals surface area contributed by atoms with Crippen molar-refractivity contribution in [1.82, 2.24) is 29.9 Å². The van der Waals surface area contributed by atoms with Crippen LogP contribution in [0.25, 0.3) is 11.0 Å². The van der Waals surface area contributed by atoms with Gasteiger partial charge in [-0.25, -0.2) is 9.67 Å². The lowest BCUT2D eigenvalue weighted by Gasteiger charge is -2.17. The van der Waals surface area contributed by atoms with Crippen molar-refractivity contribution in [3.8, 4) is 0 Å². The molecule has 1 atom stereocenters. The molecule has 104 valence electrons. The van der Waals surface area contributed by atoms with Crippen molar-refractivity contribution in [3.63, 3.8) is 0 Å². The number of halogens is 1. The van der Waals surface area contributed by atoms with E-state index in [2.05, 4.69) is 47.2 Å². The van der Waals surface area contributed by atoms with Crippen molar-refractivity contribution in [3.05, 3.63) is 40.9 Å². The van der Waals surface area contributed by atoms with E-state index >= 15 is 0 Å². The lowest BCUT2D eigenvalue weighted by molar-refractivity contribution is 0.472. The number of nitrogens with zero attached hydrogens (tertiary/aromatic N) is 5. The van der Waals surface area contributed by atoms with Crippen LogP contribution in [0.4, 0.5) is 0 Å². The van der Waals surface area contributed by atoms with Gasteiger partial charge in [0.15, 0.2) is 4.60 Å². The molecule has 0 radical (unpaired) electrons. The van der Waals surface area contributed by atoms with E-state index in [1.54, 1.807) is 4.68 Å². The summed E-state index contributed by atoms with van der Waals surface area (Å²) in [6.07, 6.45) is 1.87. The third-order valence-electron chi connectivity index (χ3n) is 3.41. The highest BCUT2D eigenvalue weighted by atomic mass is 79.9. The molecule has 2 heterocycles. The summed E-state index contributed by atoms with van der Waals surface area (Å²) in [4.78, 5) is 4.42. The lowest BCUT2D eigenvalue weighted by atomic mass is 10.2. The zero-order chi connectivity index (χ0) is 14.1. The molecule has 3 rings (SSSR count). The third-order valence-corrected chi connectivity index (χ3v) is 3.98. The Morgan fingerprint density at radius 1 is 1.35 bits per heavy atom. The summed E-state index contributed by atoms with van der Waals surface area (Å²) in [7, 11) is 3.83. The Balaban J connectivity index is 1.96. The normalized spacial score (nSPS) is 12.9. The molecule has 0 fully saturated rings. The molecule has 1 aromatic carbocycles. The minimum atomic E-state index is 0.0991. The molecule has 0 amide bonds. The Morgan fingerprint density at radius 2 is 2.15 bits per heavy atom. The van der Waals surface area contributed by atoms with Gasteiger partial charge in [0, 0.05) is 13.6 Å². The fourth-order valence-electron chi connectivity index (χ4n) is 2.38. The molecule has 0 aliphatic rings. The fourth-order valence-corrected chi connectivity index (χ4v) is 2.98. The van der Waals surface area contributed by atoms with Gasteiger partial charge < -0.3 is 9.88 Å². The van der Waals surface area contributed by atoms with Gasteiger partial charge in [0.2, 0.25) is 0 Å². The SMILES string of the molecule is CNC(Cn1cnc2ccccc21)c1c(Br)nnn1C. The fraction of sp³-hybridized carbons (Fsp3) is 0.308. The Kier molecular flexibility index (Phi) is 3.54. The molecule has 7 heteroatoms. The van der Waals surface area contributed by atoms with Crippen molar-refractivity contribution in [1.29, 1.82) is 0 Å². The molecule has 0 spiro atoms. The maximum atomic E-state index is 4.42. The summed E-state index contributed by atoms with van der Waals surface area (Å²) in [5.74, 6) is 0. The Morgan fingerprint density at radius 3 is 2.85 bits per heavy atom. The van der Waals surface area contributed by atoms with Gasteiger partial charge in [-0.15, -0.1) is 5.10 Å². The van der Waals surface area contributed by atoms with Gasteiger partial charge >= 0.3 is 0 Å². The molecule has 0 saturated carbocycles. The van der Waals surface area contributed by atoms with Crippen LogP contribution in [-0.2, 0) is 13.6 Å². The minimum absolute atomic E-state index is 0.0991. The van der Waals surface area contributed by atoms with Crippen molar-refractivity contribution in [2.75, 3.05) is 7.05 Å². The van der Waals surface area contributed by atoms with E-state index in [1.165, 1.54) is 0 Å². The second-order valence-corrected chi connectivity index (χ2v) is 5.37. The van der Waals surface area contributed by atoms with Gasteiger partial charge in [-0.3, -0.25) is 0 Å². The Hall–Kier alpha value is -1.73. The van der Waals surface area contributed by atoms with Gasteiger partial charge in [0.1, 0.15) is 0 Å². The molecule has 1 unspecified atom stereocenters. The number of fused-ring (bicyclic) bond motifs is 1.